The van der Waals surface area contributed by atoms with E-state index in [9.17, 15) is 24.6 Å². The van der Waals surface area contributed by atoms with Crippen molar-refractivity contribution in [3.8, 4) is 11.1 Å². The average molecular weight is 681 g/mol. The molecule has 0 aromatic carbocycles. The quantitative estimate of drug-likeness (QED) is 0.237. The number of carbonyl (C=O) groups is 2. The van der Waals surface area contributed by atoms with E-state index in [4.69, 9.17) is 0 Å². The van der Waals surface area contributed by atoms with Gasteiger partial charge in [-0.3, -0.25) is 29.2 Å². The van der Waals surface area contributed by atoms with Crippen LogP contribution < -0.4 is 15.8 Å². The molecule has 3 N–H and O–H groups in total. The van der Waals surface area contributed by atoms with Crippen molar-refractivity contribution in [2.45, 2.75) is 58.3 Å². The Kier molecular flexibility index (Phi) is 9.06. The summed E-state index contributed by atoms with van der Waals surface area (Å²) in [4.78, 5) is 55.4. The molecule has 4 aromatic heterocycles. The summed E-state index contributed by atoms with van der Waals surface area (Å²) in [5.41, 5.74) is 4.55. The van der Waals surface area contributed by atoms with Crippen LogP contribution in [0.25, 0.3) is 11.1 Å². The molecule has 0 bridgehead atoms. The number of aliphatic hydroxyl groups is 2. The molecule has 6 heterocycles. The van der Waals surface area contributed by atoms with Crippen molar-refractivity contribution in [1.29, 1.82) is 0 Å². The number of anilines is 3. The zero-order valence-electron chi connectivity index (χ0n) is 28.9. The van der Waals surface area contributed by atoms with E-state index in [1.807, 2.05) is 32.0 Å². The first-order valence-corrected chi connectivity index (χ1v) is 17.3. The number of rotatable bonds is 8. The van der Waals surface area contributed by atoms with E-state index in [-0.39, 0.29) is 35.0 Å². The summed E-state index contributed by atoms with van der Waals surface area (Å²) in [6, 6.07) is 9.09. The molecule has 0 atom stereocenters. The Morgan fingerprint density at radius 1 is 0.980 bits per heavy atom. The molecule has 0 unspecified atom stereocenters. The minimum Gasteiger partial charge on any atom is -0.392 e. The van der Waals surface area contributed by atoms with E-state index in [1.54, 1.807) is 31.6 Å². The minimum absolute atomic E-state index is 0.00430. The number of imide groups is 1. The predicted molar refractivity (Wildman–Crippen MR) is 190 cm³/mol. The SMILES string of the molecule is Cn1cc(-c2ccnc(C(=O)N3CCn4c(cc5c4CCCC5)C3=O)c2CO)cc(Nc2ccc(N3CCN(CC(C)(C)O)CC3)cn2)c1=O. The monoisotopic (exact) mass is 680 g/mol. The number of pyridine rings is 3. The van der Waals surface area contributed by atoms with Crippen molar-refractivity contribution in [1.82, 2.24) is 28.9 Å². The highest BCUT2D eigenvalue weighted by Gasteiger charge is 2.35. The lowest BCUT2D eigenvalue weighted by molar-refractivity contribution is 0.0344. The Balaban J connectivity index is 1.10. The number of aromatic nitrogens is 4. The van der Waals surface area contributed by atoms with E-state index >= 15 is 0 Å². The molecule has 4 aromatic rings. The van der Waals surface area contributed by atoms with Gasteiger partial charge in [0.25, 0.3) is 17.4 Å². The van der Waals surface area contributed by atoms with Crippen molar-refractivity contribution < 1.29 is 19.8 Å². The molecule has 0 spiro atoms. The summed E-state index contributed by atoms with van der Waals surface area (Å²) in [5, 5.41) is 23.9. The molecule has 3 aliphatic rings. The highest BCUT2D eigenvalue weighted by molar-refractivity contribution is 6.10. The fraction of sp³-hybridized carbons (Fsp3) is 0.432. The fourth-order valence-corrected chi connectivity index (χ4v) is 7.51. The van der Waals surface area contributed by atoms with Crippen molar-refractivity contribution in [2.24, 2.45) is 7.05 Å². The lowest BCUT2D eigenvalue weighted by atomic mass is 9.98. The van der Waals surface area contributed by atoms with Crippen LogP contribution in [0, 0.1) is 0 Å². The van der Waals surface area contributed by atoms with Gasteiger partial charge in [0.2, 0.25) is 0 Å². The van der Waals surface area contributed by atoms with E-state index < -0.39 is 18.1 Å². The third-order valence-electron chi connectivity index (χ3n) is 9.93. The summed E-state index contributed by atoms with van der Waals surface area (Å²) in [6.45, 7) is 7.85. The third-order valence-corrected chi connectivity index (χ3v) is 9.93. The molecule has 2 aliphatic heterocycles. The predicted octanol–water partition coefficient (Wildman–Crippen LogP) is 2.95. The summed E-state index contributed by atoms with van der Waals surface area (Å²) >= 11 is 0. The van der Waals surface area contributed by atoms with E-state index in [1.165, 1.54) is 26.9 Å². The van der Waals surface area contributed by atoms with Crippen molar-refractivity contribution in [2.75, 3.05) is 49.5 Å². The lowest BCUT2D eigenvalue weighted by Gasteiger charge is -2.38. The number of fused-ring (bicyclic) bond motifs is 3. The third kappa shape index (κ3) is 6.55. The lowest BCUT2D eigenvalue weighted by Crippen LogP contribution is -2.50. The van der Waals surface area contributed by atoms with Crippen LogP contribution in [0.4, 0.5) is 17.2 Å². The van der Waals surface area contributed by atoms with Crippen molar-refractivity contribution >= 4 is 29.0 Å². The molecule has 1 saturated heterocycles. The second-order valence-corrected chi connectivity index (χ2v) is 14.1. The first-order valence-electron chi connectivity index (χ1n) is 17.3. The first-order chi connectivity index (χ1) is 24.0. The van der Waals surface area contributed by atoms with E-state index in [0.717, 1.165) is 57.5 Å². The molecular formula is C37H44N8O5. The van der Waals surface area contributed by atoms with Crippen LogP contribution >= 0.6 is 0 Å². The minimum atomic E-state index is -0.733. The highest BCUT2D eigenvalue weighted by atomic mass is 16.3. The van der Waals surface area contributed by atoms with Gasteiger partial charge in [-0.05, 0) is 81.0 Å². The Hall–Kier alpha value is -4.85. The van der Waals surface area contributed by atoms with Crippen LogP contribution in [0.2, 0.25) is 0 Å². The number of hydrogen-bond donors (Lipinski definition) is 3. The van der Waals surface area contributed by atoms with Gasteiger partial charge in [0.05, 0.1) is 24.1 Å². The second kappa shape index (κ2) is 13.5. The molecule has 0 saturated carbocycles. The van der Waals surface area contributed by atoms with Gasteiger partial charge in [0.15, 0.2) is 0 Å². The van der Waals surface area contributed by atoms with Gasteiger partial charge in [-0.2, -0.15) is 0 Å². The van der Waals surface area contributed by atoms with Crippen molar-refractivity contribution in [3.05, 3.63) is 87.5 Å². The van der Waals surface area contributed by atoms with Gasteiger partial charge in [-0.15, -0.1) is 0 Å². The smallest absolute Gasteiger partial charge is 0.279 e. The van der Waals surface area contributed by atoms with Crippen LogP contribution in [0.1, 0.15) is 64.5 Å². The van der Waals surface area contributed by atoms with Crippen LogP contribution in [-0.4, -0.2) is 95.8 Å². The fourth-order valence-electron chi connectivity index (χ4n) is 7.51. The first kappa shape index (κ1) is 33.6. The molecule has 1 aliphatic carbocycles. The normalized spacial score (nSPS) is 16.7. The summed E-state index contributed by atoms with van der Waals surface area (Å²) in [6.07, 6.45) is 8.98. The maximum atomic E-state index is 13.9. The molecule has 13 heteroatoms. The van der Waals surface area contributed by atoms with Gasteiger partial charge in [0.1, 0.15) is 22.9 Å². The summed E-state index contributed by atoms with van der Waals surface area (Å²) < 4.78 is 3.49. The van der Waals surface area contributed by atoms with Crippen LogP contribution in [-0.2, 0) is 33.0 Å². The van der Waals surface area contributed by atoms with Crippen LogP contribution in [0.5, 0.6) is 0 Å². The number of β-amino-alcohol motifs (C(OH)–C–C–N with tert-alkyl or cyclic N) is 1. The van der Waals surface area contributed by atoms with Gasteiger partial charge in [0, 0.05) is 82.1 Å². The molecule has 1 fully saturated rings. The Bertz CT molecular complexity index is 1990. The van der Waals surface area contributed by atoms with E-state index in [0.29, 0.717) is 35.7 Å². The largest absolute Gasteiger partial charge is 0.392 e. The molecule has 262 valence electrons. The topological polar surface area (TPSA) is 149 Å². The molecule has 2 amide bonds. The molecule has 50 heavy (non-hydrogen) atoms. The second-order valence-electron chi connectivity index (χ2n) is 14.1. The number of amides is 2. The zero-order chi connectivity index (χ0) is 35.2. The van der Waals surface area contributed by atoms with Gasteiger partial charge in [-0.1, -0.05) is 0 Å². The maximum absolute atomic E-state index is 13.9. The number of nitrogens with one attached hydrogen (secondary N) is 1. The van der Waals surface area contributed by atoms with Gasteiger partial charge in [-0.25, -0.2) is 4.98 Å². The number of hydrogen-bond acceptors (Lipinski definition) is 10. The average Bonchev–Trinajstić information content (AvgIpc) is 3.49. The molecular weight excluding hydrogens is 636 g/mol. The number of carbonyl (C=O) groups excluding carboxylic acids is 2. The standard InChI is InChI=1S/C37H44N8O5/c1-37(2,50)23-42-12-14-43(15-13-42)26-8-9-32(39-20-26)40-29-18-25(21-41(3)34(29)47)27-10-11-38-33(28(27)22-46)36(49)45-17-16-44-30-7-5-4-6-24(30)19-31(44)35(45)48/h8-11,18-21,46,50H,4-7,12-17,22-23H2,1-3H3,(H,39,40). The van der Waals surface area contributed by atoms with Crippen molar-refractivity contribution in [3.63, 3.8) is 0 Å². The highest BCUT2D eigenvalue weighted by Crippen LogP contribution is 2.31. The number of aryl methyl sites for hydroxylation is 2. The number of aliphatic hydroxyl groups excluding tert-OH is 1. The molecule has 13 nitrogen and oxygen atoms in total. The zero-order valence-corrected chi connectivity index (χ0v) is 28.9. The van der Waals surface area contributed by atoms with Gasteiger partial charge >= 0.3 is 0 Å². The Morgan fingerprint density at radius 3 is 2.48 bits per heavy atom. The Morgan fingerprint density at radius 2 is 1.76 bits per heavy atom. The summed E-state index contributed by atoms with van der Waals surface area (Å²) in [7, 11) is 1.64. The van der Waals surface area contributed by atoms with Crippen LogP contribution in [0.15, 0.2) is 53.7 Å². The maximum Gasteiger partial charge on any atom is 0.279 e. The molecule has 0 radical (unpaired) electrons. The van der Waals surface area contributed by atoms with Crippen LogP contribution in [0.3, 0.4) is 0 Å². The van der Waals surface area contributed by atoms with E-state index in [2.05, 4.69) is 29.7 Å². The summed E-state index contributed by atoms with van der Waals surface area (Å²) in [5.74, 6) is -0.420. The number of nitrogens with zero attached hydrogens (tertiary/aromatic N) is 7. The molecule has 7 rings (SSSR count). The number of piperazine rings is 1. The Labute approximate surface area is 290 Å². The van der Waals surface area contributed by atoms with Gasteiger partial charge < -0.3 is 29.6 Å².